The maximum absolute atomic E-state index is 5.75. The van der Waals surface area contributed by atoms with E-state index in [1.807, 2.05) is 0 Å². The Hall–Kier alpha value is -0.450. The fourth-order valence-corrected chi connectivity index (χ4v) is 2.83. The van der Waals surface area contributed by atoms with Crippen LogP contribution in [-0.4, -0.2) is 24.7 Å². The number of aryl methyl sites for hydroxylation is 2. The van der Waals surface area contributed by atoms with Gasteiger partial charge in [0.2, 0.25) is 0 Å². The summed E-state index contributed by atoms with van der Waals surface area (Å²) < 4.78 is 5.75. The molecular formula is C12H20N2OS. The van der Waals surface area contributed by atoms with Gasteiger partial charge in [0.05, 0.1) is 18.9 Å². The van der Waals surface area contributed by atoms with Crippen molar-refractivity contribution in [3.05, 3.63) is 15.6 Å². The van der Waals surface area contributed by atoms with Crippen LogP contribution in [0.3, 0.4) is 0 Å². The van der Waals surface area contributed by atoms with Crippen molar-refractivity contribution in [2.45, 2.75) is 33.3 Å². The van der Waals surface area contributed by atoms with Crippen LogP contribution >= 0.6 is 11.3 Å². The zero-order valence-electron chi connectivity index (χ0n) is 10.1. The summed E-state index contributed by atoms with van der Waals surface area (Å²) in [7, 11) is 0. The second-order valence-corrected chi connectivity index (χ2v) is 5.75. The normalized spacial score (nSPS) is 17.9. The molecule has 1 aliphatic rings. The fraction of sp³-hybridized carbons (Fsp3) is 0.750. The van der Waals surface area contributed by atoms with E-state index in [4.69, 9.17) is 4.74 Å². The highest BCUT2D eigenvalue weighted by atomic mass is 32.1. The minimum atomic E-state index is 0.684. The molecule has 0 aliphatic carbocycles. The summed E-state index contributed by atoms with van der Waals surface area (Å²) in [6.07, 6.45) is 2.49. The summed E-state index contributed by atoms with van der Waals surface area (Å²) in [4.78, 5) is 5.78. The number of nitrogens with zero attached hydrogens (tertiary/aromatic N) is 1. The van der Waals surface area contributed by atoms with E-state index >= 15 is 0 Å². The lowest BCUT2D eigenvalue weighted by Gasteiger charge is -2.21. The maximum atomic E-state index is 5.75. The minimum Gasteiger partial charge on any atom is -0.374 e. The first-order chi connectivity index (χ1) is 7.75. The monoisotopic (exact) mass is 240 g/mol. The molecule has 90 valence electrons. The molecule has 0 spiro atoms. The van der Waals surface area contributed by atoms with Crippen LogP contribution < -0.4 is 5.32 Å². The molecule has 2 rings (SSSR count). The van der Waals surface area contributed by atoms with E-state index in [9.17, 15) is 0 Å². The third-order valence-corrected chi connectivity index (χ3v) is 4.16. The van der Waals surface area contributed by atoms with E-state index in [-0.39, 0.29) is 0 Å². The Morgan fingerprint density at radius 1 is 1.38 bits per heavy atom. The van der Waals surface area contributed by atoms with Crippen LogP contribution in [0.5, 0.6) is 0 Å². The molecule has 0 saturated carbocycles. The van der Waals surface area contributed by atoms with Gasteiger partial charge in [-0.25, -0.2) is 4.98 Å². The first kappa shape index (κ1) is 12.0. The molecule has 1 saturated heterocycles. The molecule has 3 nitrogen and oxygen atoms in total. The smallest absolute Gasteiger partial charge is 0.119 e. The van der Waals surface area contributed by atoms with Crippen molar-refractivity contribution >= 4 is 11.3 Å². The molecule has 0 atom stereocenters. The predicted octanol–water partition coefficient (Wildman–Crippen LogP) is 2.28. The van der Waals surface area contributed by atoms with Gasteiger partial charge >= 0.3 is 0 Å². The van der Waals surface area contributed by atoms with Crippen LogP contribution in [-0.2, 0) is 11.3 Å². The molecule has 0 aromatic carbocycles. The van der Waals surface area contributed by atoms with Crippen LogP contribution in [0.2, 0.25) is 0 Å². The van der Waals surface area contributed by atoms with Gasteiger partial charge in [0.15, 0.2) is 0 Å². The van der Waals surface area contributed by atoms with E-state index in [1.165, 1.54) is 17.7 Å². The van der Waals surface area contributed by atoms with E-state index in [2.05, 4.69) is 24.1 Å². The van der Waals surface area contributed by atoms with Gasteiger partial charge in [0.25, 0.3) is 0 Å². The van der Waals surface area contributed by atoms with Gasteiger partial charge < -0.3 is 10.1 Å². The number of nitrogens with one attached hydrogen (secondary N) is 1. The van der Waals surface area contributed by atoms with Crippen molar-refractivity contribution in [1.29, 1.82) is 0 Å². The van der Waals surface area contributed by atoms with Gasteiger partial charge in [0.1, 0.15) is 5.01 Å². The zero-order chi connectivity index (χ0) is 11.4. The summed E-state index contributed by atoms with van der Waals surface area (Å²) in [6, 6.07) is 0. The van der Waals surface area contributed by atoms with Crippen molar-refractivity contribution in [2.24, 2.45) is 5.92 Å². The topological polar surface area (TPSA) is 34.1 Å². The van der Waals surface area contributed by atoms with Crippen molar-refractivity contribution < 1.29 is 4.74 Å². The molecule has 0 amide bonds. The Labute approximate surface area is 101 Å². The van der Waals surface area contributed by atoms with Gasteiger partial charge in [-0.3, -0.25) is 0 Å². The van der Waals surface area contributed by atoms with Crippen LogP contribution in [0.15, 0.2) is 0 Å². The summed E-state index contributed by atoms with van der Waals surface area (Å²) in [5, 5.41) is 4.48. The van der Waals surface area contributed by atoms with E-state index < -0.39 is 0 Å². The Kier molecular flexibility index (Phi) is 4.32. The van der Waals surface area contributed by atoms with Crippen LogP contribution in [0.4, 0.5) is 0 Å². The average molecular weight is 240 g/mol. The van der Waals surface area contributed by atoms with Crippen LogP contribution in [0.1, 0.15) is 28.4 Å². The molecule has 1 fully saturated rings. The van der Waals surface area contributed by atoms with Crippen molar-refractivity contribution in [3.8, 4) is 0 Å². The summed E-state index contributed by atoms with van der Waals surface area (Å²) in [5.41, 5.74) is 1.14. The molecule has 16 heavy (non-hydrogen) atoms. The third-order valence-electron chi connectivity index (χ3n) is 3.11. The van der Waals surface area contributed by atoms with E-state index in [0.29, 0.717) is 6.61 Å². The van der Waals surface area contributed by atoms with Gasteiger partial charge in [-0.2, -0.15) is 0 Å². The Balaban J connectivity index is 1.71. The predicted molar refractivity (Wildman–Crippen MR) is 66.8 cm³/mol. The number of thiazole rings is 1. The van der Waals surface area contributed by atoms with Gasteiger partial charge in [-0.1, -0.05) is 0 Å². The summed E-state index contributed by atoms with van der Waals surface area (Å²) in [6.45, 7) is 8.03. The molecule has 0 radical (unpaired) electrons. The third kappa shape index (κ3) is 3.27. The SMILES string of the molecule is Cc1nc(COCC2CCNCC2)sc1C. The summed E-state index contributed by atoms with van der Waals surface area (Å²) in [5.74, 6) is 0.739. The first-order valence-corrected chi connectivity index (χ1v) is 6.78. The molecule has 1 N–H and O–H groups in total. The second kappa shape index (κ2) is 5.75. The number of ether oxygens (including phenoxy) is 1. The number of rotatable bonds is 4. The molecule has 0 unspecified atom stereocenters. The lowest BCUT2D eigenvalue weighted by atomic mass is 9.99. The molecule has 1 aromatic rings. The Bertz CT molecular complexity index is 312. The summed E-state index contributed by atoms with van der Waals surface area (Å²) >= 11 is 1.75. The lowest BCUT2D eigenvalue weighted by molar-refractivity contribution is 0.0762. The van der Waals surface area contributed by atoms with Gasteiger partial charge in [-0.05, 0) is 45.7 Å². The van der Waals surface area contributed by atoms with E-state index in [1.54, 1.807) is 11.3 Å². The number of aromatic nitrogens is 1. The standard InChI is InChI=1S/C12H20N2OS/c1-9-10(2)16-12(14-9)8-15-7-11-3-5-13-6-4-11/h11,13H,3-8H2,1-2H3. The highest BCUT2D eigenvalue weighted by molar-refractivity contribution is 7.11. The first-order valence-electron chi connectivity index (χ1n) is 5.97. The molecule has 1 aliphatic heterocycles. The van der Waals surface area contributed by atoms with Crippen LogP contribution in [0, 0.1) is 19.8 Å². The number of hydrogen-bond donors (Lipinski definition) is 1. The van der Waals surface area contributed by atoms with Gasteiger partial charge in [0, 0.05) is 4.88 Å². The molecule has 2 heterocycles. The Morgan fingerprint density at radius 2 is 2.12 bits per heavy atom. The molecular weight excluding hydrogens is 220 g/mol. The molecule has 0 bridgehead atoms. The quantitative estimate of drug-likeness (QED) is 0.876. The Morgan fingerprint density at radius 3 is 2.75 bits per heavy atom. The highest BCUT2D eigenvalue weighted by Gasteiger charge is 2.13. The lowest BCUT2D eigenvalue weighted by Crippen LogP contribution is -2.29. The molecule has 1 aromatic heterocycles. The van der Waals surface area contributed by atoms with Crippen molar-refractivity contribution in [3.63, 3.8) is 0 Å². The number of hydrogen-bond acceptors (Lipinski definition) is 4. The number of piperidine rings is 1. The second-order valence-electron chi connectivity index (χ2n) is 4.46. The minimum absolute atomic E-state index is 0.684. The van der Waals surface area contributed by atoms with E-state index in [0.717, 1.165) is 36.3 Å². The van der Waals surface area contributed by atoms with Gasteiger partial charge in [-0.15, -0.1) is 11.3 Å². The van der Waals surface area contributed by atoms with Crippen molar-refractivity contribution in [2.75, 3.05) is 19.7 Å². The average Bonchev–Trinajstić information content (AvgIpc) is 2.60. The maximum Gasteiger partial charge on any atom is 0.119 e. The molecule has 4 heteroatoms. The van der Waals surface area contributed by atoms with Crippen molar-refractivity contribution in [1.82, 2.24) is 10.3 Å². The van der Waals surface area contributed by atoms with Crippen LogP contribution in [0.25, 0.3) is 0 Å². The zero-order valence-corrected chi connectivity index (χ0v) is 10.9. The largest absolute Gasteiger partial charge is 0.374 e. The highest BCUT2D eigenvalue weighted by Crippen LogP contribution is 2.18. The fourth-order valence-electron chi connectivity index (χ4n) is 1.96.